The minimum atomic E-state index is -0.121. The molecule has 0 aliphatic heterocycles. The van der Waals surface area contributed by atoms with E-state index in [-0.39, 0.29) is 5.97 Å². The van der Waals surface area contributed by atoms with Gasteiger partial charge in [-0.15, -0.1) is 0 Å². The predicted molar refractivity (Wildman–Crippen MR) is 73.5 cm³/mol. The molecule has 0 spiro atoms. The van der Waals surface area contributed by atoms with E-state index in [0.29, 0.717) is 13.0 Å². The highest BCUT2D eigenvalue weighted by molar-refractivity contribution is 5.69. The van der Waals surface area contributed by atoms with E-state index >= 15 is 0 Å². The van der Waals surface area contributed by atoms with Gasteiger partial charge in [-0.1, -0.05) is 29.3 Å². The molecule has 0 aliphatic carbocycles. The summed E-state index contributed by atoms with van der Waals surface area (Å²) >= 11 is 0. The number of hydrogen-bond donors (Lipinski definition) is 0. The standard InChI is InChI=1S/C15H23NO2/c1-5-18-15(17)6-7-16(4)11-14-9-12(2)8-13(3)10-14/h8-10H,5-7,11H2,1-4H3. The first-order chi connectivity index (χ1) is 8.51. The molecule has 1 aromatic rings. The van der Waals surface area contributed by atoms with Crippen LogP contribution in [-0.2, 0) is 16.1 Å². The summed E-state index contributed by atoms with van der Waals surface area (Å²) in [5.41, 5.74) is 3.85. The maximum atomic E-state index is 11.3. The van der Waals surface area contributed by atoms with Crippen LogP contribution in [0.5, 0.6) is 0 Å². The monoisotopic (exact) mass is 249 g/mol. The van der Waals surface area contributed by atoms with Gasteiger partial charge in [-0.25, -0.2) is 0 Å². The molecule has 0 radical (unpaired) electrons. The summed E-state index contributed by atoms with van der Waals surface area (Å²) in [7, 11) is 2.02. The van der Waals surface area contributed by atoms with Crippen molar-refractivity contribution in [3.05, 3.63) is 34.9 Å². The van der Waals surface area contributed by atoms with E-state index in [1.807, 2.05) is 14.0 Å². The van der Waals surface area contributed by atoms with E-state index in [4.69, 9.17) is 4.74 Å². The Kier molecular flexibility index (Phi) is 5.86. The van der Waals surface area contributed by atoms with Crippen molar-refractivity contribution in [2.45, 2.75) is 33.7 Å². The van der Waals surface area contributed by atoms with Gasteiger partial charge >= 0.3 is 5.97 Å². The predicted octanol–water partition coefficient (Wildman–Crippen LogP) is 2.69. The van der Waals surface area contributed by atoms with Crippen molar-refractivity contribution in [3.63, 3.8) is 0 Å². The molecule has 18 heavy (non-hydrogen) atoms. The summed E-state index contributed by atoms with van der Waals surface area (Å²) in [6, 6.07) is 6.55. The van der Waals surface area contributed by atoms with Gasteiger partial charge in [0.1, 0.15) is 0 Å². The highest BCUT2D eigenvalue weighted by atomic mass is 16.5. The van der Waals surface area contributed by atoms with Crippen LogP contribution in [0.15, 0.2) is 18.2 Å². The number of aryl methyl sites for hydroxylation is 2. The lowest BCUT2D eigenvalue weighted by molar-refractivity contribution is -0.143. The van der Waals surface area contributed by atoms with Gasteiger partial charge in [-0.05, 0) is 33.4 Å². The molecule has 0 aromatic heterocycles. The van der Waals surface area contributed by atoms with Gasteiger partial charge in [-0.3, -0.25) is 4.79 Å². The van der Waals surface area contributed by atoms with Gasteiger partial charge in [0.15, 0.2) is 0 Å². The van der Waals surface area contributed by atoms with Crippen LogP contribution in [0.1, 0.15) is 30.0 Å². The topological polar surface area (TPSA) is 29.5 Å². The highest BCUT2D eigenvalue weighted by Gasteiger charge is 2.06. The number of carbonyl (C=O) groups is 1. The van der Waals surface area contributed by atoms with Gasteiger partial charge in [0.2, 0.25) is 0 Å². The third-order valence-corrected chi connectivity index (χ3v) is 2.74. The lowest BCUT2D eigenvalue weighted by Gasteiger charge is -2.16. The summed E-state index contributed by atoms with van der Waals surface area (Å²) in [6.45, 7) is 8.09. The van der Waals surface area contributed by atoms with Crippen molar-refractivity contribution < 1.29 is 9.53 Å². The third-order valence-electron chi connectivity index (χ3n) is 2.74. The Hall–Kier alpha value is -1.35. The van der Waals surface area contributed by atoms with Crippen LogP contribution >= 0.6 is 0 Å². The van der Waals surface area contributed by atoms with Crippen LogP contribution in [0, 0.1) is 13.8 Å². The first-order valence-corrected chi connectivity index (χ1v) is 6.42. The Labute approximate surface area is 110 Å². The van der Waals surface area contributed by atoms with Crippen LogP contribution in [0.3, 0.4) is 0 Å². The average Bonchev–Trinajstić information content (AvgIpc) is 2.25. The summed E-state index contributed by atoms with van der Waals surface area (Å²) < 4.78 is 4.92. The fourth-order valence-electron chi connectivity index (χ4n) is 2.07. The van der Waals surface area contributed by atoms with Gasteiger partial charge in [0.05, 0.1) is 13.0 Å². The van der Waals surface area contributed by atoms with Crippen LogP contribution in [0.2, 0.25) is 0 Å². The van der Waals surface area contributed by atoms with E-state index < -0.39 is 0 Å². The largest absolute Gasteiger partial charge is 0.466 e. The SMILES string of the molecule is CCOC(=O)CCN(C)Cc1cc(C)cc(C)c1. The van der Waals surface area contributed by atoms with Gasteiger partial charge in [0, 0.05) is 13.1 Å². The maximum Gasteiger partial charge on any atom is 0.307 e. The smallest absolute Gasteiger partial charge is 0.307 e. The highest BCUT2D eigenvalue weighted by Crippen LogP contribution is 2.10. The summed E-state index contributed by atoms with van der Waals surface area (Å²) in [6.07, 6.45) is 0.454. The lowest BCUT2D eigenvalue weighted by atomic mass is 10.1. The van der Waals surface area contributed by atoms with Crippen LogP contribution in [0.25, 0.3) is 0 Å². The Balaban J connectivity index is 2.44. The average molecular weight is 249 g/mol. The zero-order chi connectivity index (χ0) is 13.5. The van der Waals surface area contributed by atoms with Gasteiger partial charge in [-0.2, -0.15) is 0 Å². The number of nitrogens with zero attached hydrogens (tertiary/aromatic N) is 1. The maximum absolute atomic E-state index is 11.3. The first kappa shape index (κ1) is 14.7. The van der Waals surface area contributed by atoms with Crippen molar-refractivity contribution in [1.29, 1.82) is 0 Å². The molecule has 0 aliphatic rings. The molecule has 0 saturated heterocycles. The fraction of sp³-hybridized carbons (Fsp3) is 0.533. The molecule has 0 fully saturated rings. The minimum Gasteiger partial charge on any atom is -0.466 e. The molecule has 0 heterocycles. The number of rotatable bonds is 6. The van der Waals surface area contributed by atoms with E-state index in [1.54, 1.807) is 0 Å². The number of benzene rings is 1. The molecule has 0 atom stereocenters. The lowest BCUT2D eigenvalue weighted by Crippen LogP contribution is -2.22. The number of carbonyl (C=O) groups excluding carboxylic acids is 1. The zero-order valence-electron chi connectivity index (χ0n) is 11.8. The third kappa shape index (κ3) is 5.32. The molecule has 3 nitrogen and oxygen atoms in total. The molecule has 1 rings (SSSR count). The number of esters is 1. The van der Waals surface area contributed by atoms with E-state index in [9.17, 15) is 4.79 Å². The molecule has 100 valence electrons. The molecule has 1 aromatic carbocycles. The van der Waals surface area contributed by atoms with Crippen LogP contribution in [0.4, 0.5) is 0 Å². The Bertz CT molecular complexity index is 381. The van der Waals surface area contributed by atoms with Gasteiger partial charge in [0.25, 0.3) is 0 Å². The molecule has 3 heteroatoms. The van der Waals surface area contributed by atoms with Crippen molar-refractivity contribution in [3.8, 4) is 0 Å². The van der Waals surface area contributed by atoms with Crippen molar-refractivity contribution in [2.75, 3.05) is 20.2 Å². The summed E-state index contributed by atoms with van der Waals surface area (Å²) in [5.74, 6) is -0.121. The van der Waals surface area contributed by atoms with Crippen molar-refractivity contribution in [1.82, 2.24) is 4.90 Å². The van der Waals surface area contributed by atoms with Crippen LogP contribution in [-0.4, -0.2) is 31.1 Å². The quantitative estimate of drug-likeness (QED) is 0.726. The fourth-order valence-corrected chi connectivity index (χ4v) is 2.07. The Morgan fingerprint density at radius 1 is 1.22 bits per heavy atom. The molecule has 0 unspecified atom stereocenters. The number of hydrogen-bond acceptors (Lipinski definition) is 3. The molecule has 0 amide bonds. The second-order valence-electron chi connectivity index (χ2n) is 4.79. The van der Waals surface area contributed by atoms with Gasteiger partial charge < -0.3 is 9.64 Å². The summed E-state index contributed by atoms with van der Waals surface area (Å²) in [4.78, 5) is 13.4. The molecule has 0 bridgehead atoms. The molecule has 0 N–H and O–H groups in total. The second-order valence-corrected chi connectivity index (χ2v) is 4.79. The van der Waals surface area contributed by atoms with E-state index in [1.165, 1.54) is 16.7 Å². The molecule has 0 saturated carbocycles. The number of ether oxygens (including phenoxy) is 1. The Morgan fingerprint density at radius 3 is 2.39 bits per heavy atom. The van der Waals surface area contributed by atoms with E-state index in [2.05, 4.69) is 36.9 Å². The Morgan fingerprint density at radius 2 is 1.83 bits per heavy atom. The zero-order valence-corrected chi connectivity index (χ0v) is 11.8. The second kappa shape index (κ2) is 7.17. The first-order valence-electron chi connectivity index (χ1n) is 6.42. The summed E-state index contributed by atoms with van der Waals surface area (Å²) in [5, 5.41) is 0. The molecular formula is C15H23NO2. The van der Waals surface area contributed by atoms with E-state index in [0.717, 1.165) is 13.1 Å². The normalized spacial score (nSPS) is 10.7. The van der Waals surface area contributed by atoms with Crippen LogP contribution < -0.4 is 0 Å². The molecular weight excluding hydrogens is 226 g/mol. The minimum absolute atomic E-state index is 0.121. The van der Waals surface area contributed by atoms with Crippen molar-refractivity contribution in [2.24, 2.45) is 0 Å². The van der Waals surface area contributed by atoms with Crippen molar-refractivity contribution >= 4 is 5.97 Å².